The minimum atomic E-state index is -1.86. The summed E-state index contributed by atoms with van der Waals surface area (Å²) in [5.74, 6) is -12.0. The van der Waals surface area contributed by atoms with Gasteiger partial charge in [-0.3, -0.25) is 62.5 Å². The fourth-order valence-corrected chi connectivity index (χ4v) is 9.96. The number of aliphatic imine (C=N–C) groups is 1. The molecule has 88 heavy (non-hydrogen) atoms. The molecule has 1 heterocycles. The second kappa shape index (κ2) is 39.2. The Morgan fingerprint density at radius 3 is 1.66 bits per heavy atom. The number of rotatable bonds is 39. The number of hydrogen-bond donors (Lipinski definition) is 16. The Labute approximate surface area is 519 Å². The molecule has 0 radical (unpaired) electrons. The smallest absolute Gasteiger partial charge is 0.326 e. The molecule has 1 aliphatic heterocycles. The van der Waals surface area contributed by atoms with Crippen molar-refractivity contribution in [3.8, 4) is 0 Å². The highest BCUT2D eigenvalue weighted by molar-refractivity contribution is 7.98. The number of likely N-dealkylation sites (tertiary alicyclic amines) is 1. The molecule has 1 aromatic carbocycles. The van der Waals surface area contributed by atoms with Crippen LogP contribution in [0.1, 0.15) is 98.5 Å². The number of amides is 12. The molecule has 1 fully saturated rings. The van der Waals surface area contributed by atoms with Crippen LogP contribution in [-0.2, 0) is 68.7 Å². The Bertz CT molecular complexity index is 2600. The Morgan fingerprint density at radius 2 is 1.14 bits per heavy atom. The second-order valence-electron chi connectivity index (χ2n) is 21.2. The van der Waals surface area contributed by atoms with Crippen LogP contribution in [0.15, 0.2) is 35.3 Å². The third-order valence-corrected chi connectivity index (χ3v) is 15.3. The first-order chi connectivity index (χ1) is 41.4. The van der Waals surface area contributed by atoms with E-state index in [1.807, 2.05) is 5.32 Å². The minimum Gasteiger partial charge on any atom is -0.480 e. The fourth-order valence-electron chi connectivity index (χ4n) is 9.02. The van der Waals surface area contributed by atoms with Crippen molar-refractivity contribution in [1.29, 1.82) is 0 Å². The molecule has 33 heteroatoms. The number of nitrogens with zero attached hydrogens (tertiary/aromatic N) is 2. The summed E-state index contributed by atoms with van der Waals surface area (Å²) in [5.41, 5.74) is 16.8. The van der Waals surface area contributed by atoms with Gasteiger partial charge in [-0.15, -0.1) is 0 Å². The maximum Gasteiger partial charge on any atom is 0.326 e. The van der Waals surface area contributed by atoms with Crippen molar-refractivity contribution in [2.24, 2.45) is 28.1 Å². The highest BCUT2D eigenvalue weighted by Crippen LogP contribution is 2.20. The number of nitrogens with one attached hydrogen (secondary N) is 10. The summed E-state index contributed by atoms with van der Waals surface area (Å²) in [6.45, 7) is 7.89. The van der Waals surface area contributed by atoms with Crippen molar-refractivity contribution in [1.82, 2.24) is 58.1 Å². The van der Waals surface area contributed by atoms with E-state index in [2.05, 4.69) is 52.8 Å². The van der Waals surface area contributed by atoms with Gasteiger partial charge >= 0.3 is 5.97 Å². The number of carbonyl (C=O) groups excluding carboxylic acids is 12. The van der Waals surface area contributed by atoms with Crippen LogP contribution in [0.5, 0.6) is 0 Å². The SMILES string of the molecule is CC[C@H](C)[C@H](NC(=O)CNC(=O)[C@H](CCSC)NC(=O)[C@H](CCCN=C(N)N)NC(=O)[C@H](Cc1ccccc1)NC(=O)[C@@H]1CCCN1C(=O)[C@H](C)NC(C)=O)C(=O)N[C@@H](CCSC)C(=O)N[C@H](C(=O)N[C@H](C(=O)N[C@@H](CC(N)=O)C(=O)O)[C@@H](C)O)[C@@H](C)O. The van der Waals surface area contributed by atoms with Gasteiger partial charge in [-0.1, -0.05) is 50.6 Å². The fraction of sp³-hybridized carbons (Fsp3) is 0.636. The van der Waals surface area contributed by atoms with Gasteiger partial charge in [0.25, 0.3) is 0 Å². The highest BCUT2D eigenvalue weighted by atomic mass is 32.2. The summed E-state index contributed by atoms with van der Waals surface area (Å²) in [6, 6.07) is -5.36. The number of hydrogen-bond acceptors (Lipinski definition) is 18. The number of benzene rings is 1. The summed E-state index contributed by atoms with van der Waals surface area (Å²) in [6.07, 6.45) is 0.434. The first-order valence-electron chi connectivity index (χ1n) is 28.7. The number of carbonyl (C=O) groups is 13. The highest BCUT2D eigenvalue weighted by Gasteiger charge is 2.40. The van der Waals surface area contributed by atoms with Crippen LogP contribution < -0.4 is 70.4 Å². The molecule has 1 aliphatic rings. The minimum absolute atomic E-state index is 0.0376. The number of carboxylic acid groups (broad SMARTS) is 1. The zero-order valence-corrected chi connectivity index (χ0v) is 52.5. The van der Waals surface area contributed by atoms with E-state index in [0.29, 0.717) is 24.2 Å². The zero-order chi connectivity index (χ0) is 66.4. The van der Waals surface area contributed by atoms with E-state index in [1.165, 1.54) is 42.3 Å². The molecule has 13 atom stereocenters. The van der Waals surface area contributed by atoms with Crippen molar-refractivity contribution < 1.29 is 77.6 Å². The zero-order valence-electron chi connectivity index (χ0n) is 50.9. The number of thioether (sulfide) groups is 2. The lowest BCUT2D eigenvalue weighted by molar-refractivity contribution is -0.144. The van der Waals surface area contributed by atoms with Crippen LogP contribution in [-0.4, -0.2) is 219 Å². The summed E-state index contributed by atoms with van der Waals surface area (Å²) >= 11 is 2.64. The van der Waals surface area contributed by atoms with Crippen LogP contribution in [0, 0.1) is 5.92 Å². The maximum absolute atomic E-state index is 14.4. The number of aliphatic carboxylic acids is 1. The number of aliphatic hydroxyl groups excluding tert-OH is 2. The van der Waals surface area contributed by atoms with Gasteiger partial charge in [-0.25, -0.2) is 4.79 Å². The predicted octanol–water partition coefficient (Wildman–Crippen LogP) is -4.93. The molecular weight excluding hydrogens is 1190 g/mol. The molecule has 0 spiro atoms. The molecule has 0 saturated carbocycles. The third-order valence-electron chi connectivity index (χ3n) is 14.0. The van der Waals surface area contributed by atoms with Crippen molar-refractivity contribution in [3.63, 3.8) is 0 Å². The summed E-state index contributed by atoms with van der Waals surface area (Å²) in [5, 5.41) is 55.3. The number of nitrogens with two attached hydrogens (primary N) is 3. The van der Waals surface area contributed by atoms with E-state index in [9.17, 15) is 77.6 Å². The largest absolute Gasteiger partial charge is 0.480 e. The Morgan fingerprint density at radius 1 is 0.636 bits per heavy atom. The maximum atomic E-state index is 14.4. The topological polar surface area (TPSA) is 497 Å². The molecule has 1 aromatic rings. The normalized spacial score (nSPS) is 16.8. The molecule has 31 nitrogen and oxygen atoms in total. The van der Waals surface area contributed by atoms with Gasteiger partial charge in [0, 0.05) is 26.4 Å². The van der Waals surface area contributed by atoms with Gasteiger partial charge in [-0.2, -0.15) is 23.5 Å². The lowest BCUT2D eigenvalue weighted by atomic mass is 9.97. The first kappa shape index (κ1) is 76.3. The standard InChI is InChI=1S/C55H89N15O16S2/c1-9-28(2)42(50(81)64-36(20-24-88-8)47(78)68-44(31(5)72)52(83)69-43(30(4)71)51(82)66-38(54(85)86)26-40(56)74)67-41(75)27-60-45(76)35(19-23-87-7)63-46(77)34(17-13-21-59-55(57)58)62-48(79)37(25-33-15-11-10-12-16-33)65-49(80)39-18-14-22-70(39)53(84)29(3)61-32(6)73/h10-12,15-16,28-31,34-39,42-44,71-72H,9,13-14,17-27H2,1-8H3,(H2,56,74)(H,60,76)(H,61,73)(H,62,79)(H,63,77)(H,64,81)(H,65,80)(H,66,82)(H,67,75)(H,68,78)(H,69,83)(H,85,86)(H4,57,58,59)/t28-,29-,30+,31+,34-,35-,36-,37-,38-,39-,42-,43-,44-/m0/s1. The van der Waals surface area contributed by atoms with Crippen LogP contribution in [0.25, 0.3) is 0 Å². The number of guanidine groups is 1. The molecule has 492 valence electrons. The quantitative estimate of drug-likeness (QED) is 0.0167. The summed E-state index contributed by atoms with van der Waals surface area (Å²) in [7, 11) is 0. The molecule has 0 unspecified atom stereocenters. The lowest BCUT2D eigenvalue weighted by Gasteiger charge is -2.29. The van der Waals surface area contributed by atoms with Crippen molar-refractivity contribution in [2.45, 2.75) is 172 Å². The average molecular weight is 1280 g/mol. The van der Waals surface area contributed by atoms with Gasteiger partial charge in [0.1, 0.15) is 60.4 Å². The number of carboxylic acids is 1. The number of aliphatic hydroxyl groups is 2. The van der Waals surface area contributed by atoms with E-state index < -0.39 is 168 Å². The van der Waals surface area contributed by atoms with Crippen LogP contribution >= 0.6 is 23.5 Å². The second-order valence-corrected chi connectivity index (χ2v) is 23.2. The molecule has 0 bridgehead atoms. The molecule has 0 aliphatic carbocycles. The number of primary amides is 1. The Balaban J connectivity index is 2.35. The molecule has 12 amide bonds. The van der Waals surface area contributed by atoms with E-state index in [4.69, 9.17) is 17.2 Å². The molecule has 2 rings (SSSR count). The molecule has 1 saturated heterocycles. The third kappa shape index (κ3) is 26.7. The Hall–Kier alpha value is -7.78. The van der Waals surface area contributed by atoms with Crippen LogP contribution in [0.3, 0.4) is 0 Å². The van der Waals surface area contributed by atoms with E-state index in [-0.39, 0.29) is 63.3 Å². The Kier molecular flexibility index (Phi) is 34.0. The summed E-state index contributed by atoms with van der Waals surface area (Å²) < 4.78 is 0. The van der Waals surface area contributed by atoms with Crippen molar-refractivity contribution in [3.05, 3.63) is 35.9 Å². The molecule has 19 N–H and O–H groups in total. The van der Waals surface area contributed by atoms with Gasteiger partial charge in [0.15, 0.2) is 5.96 Å². The molecule has 0 aromatic heterocycles. The lowest BCUT2D eigenvalue weighted by Crippen LogP contribution is -2.63. The van der Waals surface area contributed by atoms with Gasteiger partial charge in [0.2, 0.25) is 70.9 Å². The van der Waals surface area contributed by atoms with Crippen LogP contribution in [0.2, 0.25) is 0 Å². The van der Waals surface area contributed by atoms with E-state index in [0.717, 1.165) is 13.8 Å². The van der Waals surface area contributed by atoms with E-state index in [1.54, 1.807) is 56.7 Å². The van der Waals surface area contributed by atoms with Crippen molar-refractivity contribution in [2.75, 3.05) is 43.7 Å². The monoisotopic (exact) mass is 1280 g/mol. The van der Waals surface area contributed by atoms with Gasteiger partial charge in [0.05, 0.1) is 25.2 Å². The average Bonchev–Trinajstić information content (AvgIpc) is 3.25. The van der Waals surface area contributed by atoms with Gasteiger partial charge < -0.3 is 90.6 Å². The first-order valence-corrected chi connectivity index (χ1v) is 31.5. The van der Waals surface area contributed by atoms with Gasteiger partial charge in [-0.05, 0) is 94.8 Å². The van der Waals surface area contributed by atoms with Crippen LogP contribution in [0.4, 0.5) is 0 Å². The predicted molar refractivity (Wildman–Crippen MR) is 327 cm³/mol. The van der Waals surface area contributed by atoms with E-state index >= 15 is 0 Å². The summed E-state index contributed by atoms with van der Waals surface area (Å²) in [4.78, 5) is 178. The van der Waals surface area contributed by atoms with Crippen molar-refractivity contribution >= 4 is 106 Å². The molecular formula is C55H89N15O16S2.